The molecule has 0 radical (unpaired) electrons. The van der Waals surface area contributed by atoms with E-state index in [9.17, 15) is 10.4 Å². The molecule has 0 aliphatic rings. The van der Waals surface area contributed by atoms with E-state index < -0.39 is 0 Å². The Labute approximate surface area is 183 Å². The summed E-state index contributed by atoms with van der Waals surface area (Å²) in [5.41, 5.74) is 11.3. The number of hydrogen-bond acceptors (Lipinski definition) is 5. The molecule has 5 rings (SSSR count). The number of hydrogen-bond donors (Lipinski definition) is 2. The first-order valence-corrected chi connectivity index (χ1v) is 9.88. The lowest BCUT2D eigenvalue weighted by atomic mass is 10.0. The molecule has 0 saturated carbocycles. The largest absolute Gasteiger partial charge is 0.457 e. The van der Waals surface area contributed by atoms with Crippen LogP contribution >= 0.6 is 0 Å². The van der Waals surface area contributed by atoms with Gasteiger partial charge < -0.3 is 15.3 Å². The van der Waals surface area contributed by atoms with Crippen molar-refractivity contribution in [1.29, 1.82) is 5.26 Å². The minimum absolute atomic E-state index is 0.137. The predicted octanol–water partition coefficient (Wildman–Crippen LogP) is 5.22. The Kier molecular flexibility index (Phi) is 4.41. The summed E-state index contributed by atoms with van der Waals surface area (Å²) in [6.45, 7) is 9.66. The van der Waals surface area contributed by atoms with E-state index in [0.29, 0.717) is 28.2 Å². The van der Waals surface area contributed by atoms with Crippen molar-refractivity contribution in [3.05, 3.63) is 82.7 Å². The van der Waals surface area contributed by atoms with Gasteiger partial charge in [-0.1, -0.05) is 29.8 Å². The van der Waals surface area contributed by atoms with Crippen LogP contribution in [0.3, 0.4) is 0 Å². The predicted molar refractivity (Wildman–Crippen MR) is 122 cm³/mol. The van der Waals surface area contributed by atoms with Crippen LogP contribution in [0.5, 0.6) is 0 Å². The highest BCUT2D eigenvalue weighted by Crippen LogP contribution is 2.43. The summed E-state index contributed by atoms with van der Waals surface area (Å²) in [6.07, 6.45) is 0. The second-order valence-electron chi connectivity index (χ2n) is 7.45. The zero-order valence-electron chi connectivity index (χ0n) is 17.1. The number of aromatic nitrogens is 2. The molecular weight excluding hydrogens is 402 g/mol. The van der Waals surface area contributed by atoms with Crippen molar-refractivity contribution in [3.63, 3.8) is 0 Å². The van der Waals surface area contributed by atoms with Gasteiger partial charge in [-0.3, -0.25) is 4.40 Å². The number of anilines is 1. The third kappa shape index (κ3) is 2.73. The Balaban J connectivity index is 1.81. The summed E-state index contributed by atoms with van der Waals surface area (Å²) in [6, 6.07) is 18.7. The van der Waals surface area contributed by atoms with Crippen LogP contribution in [-0.2, 0) is 6.61 Å². The maximum absolute atomic E-state index is 9.95. The smallest absolute Gasteiger partial charge is 0.241 e. The Morgan fingerprint density at radius 2 is 1.97 bits per heavy atom. The number of nitrogens with zero attached hydrogens (tertiary/aromatic N) is 4. The molecule has 3 N–H and O–H groups in total. The van der Waals surface area contributed by atoms with Crippen LogP contribution in [0.15, 0.2) is 59.0 Å². The molecule has 0 saturated heterocycles. The summed E-state index contributed by atoms with van der Waals surface area (Å²) in [5.74, 6) is 1.07. The zero-order valence-corrected chi connectivity index (χ0v) is 17.1. The minimum atomic E-state index is -0.137. The first kappa shape index (κ1) is 19.4. The lowest BCUT2D eigenvalue weighted by Gasteiger charge is -2.11. The van der Waals surface area contributed by atoms with Crippen LogP contribution in [-0.4, -0.2) is 14.5 Å². The molecule has 3 heterocycles. The second-order valence-corrected chi connectivity index (χ2v) is 7.45. The van der Waals surface area contributed by atoms with Crippen molar-refractivity contribution >= 4 is 28.2 Å². The first-order chi connectivity index (χ1) is 15.6. The van der Waals surface area contributed by atoms with Gasteiger partial charge >= 0.3 is 0 Å². The van der Waals surface area contributed by atoms with Crippen LogP contribution in [0.2, 0.25) is 0 Å². The number of aliphatic hydroxyl groups is 1. The molecule has 0 unspecified atom stereocenters. The average molecular weight is 419 g/mol. The summed E-state index contributed by atoms with van der Waals surface area (Å²) >= 11 is 0. The lowest BCUT2D eigenvalue weighted by molar-refractivity contribution is 0.282. The Morgan fingerprint density at radius 3 is 2.72 bits per heavy atom. The number of nitriles is 1. The van der Waals surface area contributed by atoms with Gasteiger partial charge in [0, 0.05) is 11.1 Å². The van der Waals surface area contributed by atoms with Crippen molar-refractivity contribution in [2.24, 2.45) is 0 Å². The van der Waals surface area contributed by atoms with Gasteiger partial charge in [0.25, 0.3) is 0 Å². The standard InChI is InChI=1S/C25H17N5O2/c1-14-7-8-15(13-31)16(11-14)20-9-10-21(32-20)22-17(12-26)24(27)30-19-6-4-3-5-18(19)29-25(30)23(22)28-2/h3-11,31H,13,27H2,1H3. The van der Waals surface area contributed by atoms with Gasteiger partial charge in [0.05, 0.1) is 29.8 Å². The van der Waals surface area contributed by atoms with Gasteiger partial charge in [0.2, 0.25) is 5.69 Å². The highest BCUT2D eigenvalue weighted by atomic mass is 16.3. The quantitative estimate of drug-likeness (QED) is 0.390. The number of fused-ring (bicyclic) bond motifs is 3. The maximum atomic E-state index is 9.95. The molecule has 0 spiro atoms. The molecule has 0 fully saturated rings. The van der Waals surface area contributed by atoms with E-state index in [1.807, 2.05) is 49.4 Å². The van der Waals surface area contributed by atoms with Gasteiger partial charge in [-0.25, -0.2) is 9.83 Å². The molecule has 0 amide bonds. The second kappa shape index (κ2) is 7.28. The Bertz CT molecular complexity index is 1610. The highest BCUT2D eigenvalue weighted by molar-refractivity contribution is 5.98. The number of para-hydroxylation sites is 2. The summed E-state index contributed by atoms with van der Waals surface area (Å²) in [4.78, 5) is 8.31. The Hall–Kier alpha value is -4.59. The number of benzene rings is 2. The molecule has 0 aliphatic heterocycles. The molecule has 0 bridgehead atoms. The third-order valence-corrected chi connectivity index (χ3v) is 5.53. The number of aliphatic hydroxyl groups excluding tert-OH is 1. The van der Waals surface area contributed by atoms with Crippen LogP contribution < -0.4 is 5.73 Å². The minimum Gasteiger partial charge on any atom is -0.457 e. The van der Waals surface area contributed by atoms with E-state index in [-0.39, 0.29) is 23.7 Å². The van der Waals surface area contributed by atoms with Crippen molar-refractivity contribution in [2.45, 2.75) is 13.5 Å². The van der Waals surface area contributed by atoms with Crippen molar-refractivity contribution in [3.8, 4) is 28.7 Å². The van der Waals surface area contributed by atoms with Crippen LogP contribution in [0.25, 0.3) is 44.2 Å². The van der Waals surface area contributed by atoms with Crippen molar-refractivity contribution in [1.82, 2.24) is 9.38 Å². The topological polar surface area (TPSA) is 105 Å². The van der Waals surface area contributed by atoms with E-state index in [1.54, 1.807) is 16.5 Å². The van der Waals surface area contributed by atoms with E-state index in [1.165, 1.54) is 0 Å². The van der Waals surface area contributed by atoms with E-state index >= 15 is 0 Å². The fourth-order valence-electron chi connectivity index (χ4n) is 4.03. The van der Waals surface area contributed by atoms with Crippen LogP contribution in [0.1, 0.15) is 16.7 Å². The van der Waals surface area contributed by atoms with Crippen LogP contribution in [0, 0.1) is 24.8 Å². The molecule has 3 aromatic heterocycles. The van der Waals surface area contributed by atoms with Gasteiger partial charge in [0.15, 0.2) is 0 Å². The highest BCUT2D eigenvalue weighted by Gasteiger charge is 2.25. The van der Waals surface area contributed by atoms with Gasteiger partial charge in [-0.05, 0) is 42.8 Å². The van der Waals surface area contributed by atoms with E-state index in [2.05, 4.69) is 15.9 Å². The first-order valence-electron chi connectivity index (χ1n) is 9.88. The van der Waals surface area contributed by atoms with Crippen molar-refractivity contribution in [2.75, 3.05) is 5.73 Å². The van der Waals surface area contributed by atoms with Gasteiger partial charge in [-0.2, -0.15) is 5.26 Å². The summed E-state index contributed by atoms with van der Waals surface area (Å²) in [5, 5.41) is 19.7. The third-order valence-electron chi connectivity index (χ3n) is 5.53. The molecule has 7 nitrogen and oxygen atoms in total. The molecule has 0 aliphatic carbocycles. The van der Waals surface area contributed by atoms with Gasteiger partial charge in [0.1, 0.15) is 29.1 Å². The van der Waals surface area contributed by atoms with E-state index in [4.69, 9.17) is 16.7 Å². The fourth-order valence-corrected chi connectivity index (χ4v) is 4.03. The zero-order chi connectivity index (χ0) is 22.4. The lowest BCUT2D eigenvalue weighted by Crippen LogP contribution is -2.03. The monoisotopic (exact) mass is 419 g/mol. The Morgan fingerprint density at radius 1 is 1.19 bits per heavy atom. The molecule has 7 heteroatoms. The van der Waals surface area contributed by atoms with Gasteiger partial charge in [-0.15, -0.1) is 0 Å². The molecule has 154 valence electrons. The maximum Gasteiger partial charge on any atom is 0.241 e. The number of aryl methyl sites for hydroxylation is 1. The SMILES string of the molecule is [C-]#[N+]c1c(-c2ccc(-c3cc(C)ccc3CO)o2)c(C#N)c(N)n2c1nc1ccccc12. The molecule has 2 aromatic carbocycles. The molecule has 32 heavy (non-hydrogen) atoms. The molecule has 0 atom stereocenters. The summed E-state index contributed by atoms with van der Waals surface area (Å²) in [7, 11) is 0. The number of furan rings is 1. The fraction of sp³-hybridized carbons (Fsp3) is 0.0800. The van der Waals surface area contributed by atoms with Crippen molar-refractivity contribution < 1.29 is 9.52 Å². The van der Waals surface area contributed by atoms with Crippen LogP contribution in [0.4, 0.5) is 11.5 Å². The van der Waals surface area contributed by atoms with E-state index in [0.717, 1.165) is 22.2 Å². The number of nitrogens with two attached hydrogens (primary N) is 1. The number of pyridine rings is 1. The number of nitrogen functional groups attached to an aromatic ring is 1. The molecular formula is C25H17N5O2. The number of rotatable bonds is 3. The molecule has 5 aromatic rings. The summed E-state index contributed by atoms with van der Waals surface area (Å²) < 4.78 is 7.76. The number of imidazole rings is 1. The average Bonchev–Trinajstić information content (AvgIpc) is 3.44. The normalized spacial score (nSPS) is 11.0.